The Bertz CT molecular complexity index is 805. The van der Waals surface area contributed by atoms with Crippen LogP contribution >= 0.6 is 11.6 Å². The van der Waals surface area contributed by atoms with E-state index in [-0.39, 0.29) is 11.8 Å². The Balaban J connectivity index is 1.44. The van der Waals surface area contributed by atoms with Crippen LogP contribution < -0.4 is 5.32 Å². The Hall–Kier alpha value is -2.34. The second kappa shape index (κ2) is 9.04. The zero-order valence-corrected chi connectivity index (χ0v) is 16.2. The zero-order chi connectivity index (χ0) is 19.2. The lowest BCUT2D eigenvalue weighted by atomic mass is 9.93. The second-order valence-electron chi connectivity index (χ2n) is 6.99. The molecule has 0 bridgehead atoms. The number of carbonyl (C=O) groups is 2. The number of hydrogen-bond acceptors (Lipinski definition) is 4. The Kier molecular flexibility index (Phi) is 6.50. The third-order valence-electron chi connectivity index (χ3n) is 4.87. The van der Waals surface area contributed by atoms with Gasteiger partial charge < -0.3 is 14.7 Å². The normalized spacial score (nSPS) is 17.0. The molecule has 2 aromatic rings. The maximum atomic E-state index is 12.5. The maximum absolute atomic E-state index is 12.5. The van der Waals surface area contributed by atoms with E-state index in [4.69, 9.17) is 16.1 Å². The van der Waals surface area contributed by atoms with Crippen molar-refractivity contribution < 1.29 is 14.1 Å². The Morgan fingerprint density at radius 1 is 1.37 bits per heavy atom. The number of aryl methyl sites for hydroxylation is 1. The molecule has 2 amide bonds. The molecule has 144 valence electrons. The summed E-state index contributed by atoms with van der Waals surface area (Å²) in [7, 11) is 0. The molecule has 1 fully saturated rings. The molecule has 1 aliphatic heterocycles. The molecule has 1 atom stereocenters. The van der Waals surface area contributed by atoms with Crippen molar-refractivity contribution in [3.05, 3.63) is 52.4 Å². The molecule has 1 unspecified atom stereocenters. The van der Waals surface area contributed by atoms with Gasteiger partial charge in [0, 0.05) is 37.1 Å². The number of rotatable bonds is 6. The van der Waals surface area contributed by atoms with Gasteiger partial charge in [-0.3, -0.25) is 9.59 Å². The van der Waals surface area contributed by atoms with Crippen molar-refractivity contribution in [2.24, 2.45) is 5.92 Å². The molecule has 0 saturated carbocycles. The van der Waals surface area contributed by atoms with E-state index in [9.17, 15) is 9.59 Å². The van der Waals surface area contributed by atoms with Crippen LogP contribution in [-0.2, 0) is 11.3 Å². The summed E-state index contributed by atoms with van der Waals surface area (Å²) in [6, 6.07) is 9.14. The third-order valence-corrected chi connectivity index (χ3v) is 5.24. The fourth-order valence-electron chi connectivity index (χ4n) is 3.37. The van der Waals surface area contributed by atoms with Gasteiger partial charge in [-0.15, -0.1) is 0 Å². The number of aromatic nitrogens is 1. The minimum absolute atomic E-state index is 0.00509. The van der Waals surface area contributed by atoms with E-state index < -0.39 is 0 Å². The highest BCUT2D eigenvalue weighted by Gasteiger charge is 2.26. The summed E-state index contributed by atoms with van der Waals surface area (Å²) in [4.78, 5) is 26.5. The van der Waals surface area contributed by atoms with Gasteiger partial charge in [0.1, 0.15) is 5.76 Å². The quantitative estimate of drug-likeness (QED) is 0.819. The first-order chi connectivity index (χ1) is 13.0. The van der Waals surface area contributed by atoms with Gasteiger partial charge >= 0.3 is 0 Å². The van der Waals surface area contributed by atoms with Crippen LogP contribution in [-0.4, -0.2) is 35.0 Å². The third kappa shape index (κ3) is 5.32. The van der Waals surface area contributed by atoms with E-state index in [0.717, 1.165) is 31.4 Å². The lowest BCUT2D eigenvalue weighted by molar-refractivity contribution is -0.121. The van der Waals surface area contributed by atoms with Crippen LogP contribution in [0.25, 0.3) is 0 Å². The number of amides is 2. The van der Waals surface area contributed by atoms with E-state index in [2.05, 4.69) is 10.5 Å². The van der Waals surface area contributed by atoms with Gasteiger partial charge in [-0.25, -0.2) is 0 Å². The van der Waals surface area contributed by atoms with Crippen molar-refractivity contribution in [2.45, 2.75) is 39.2 Å². The van der Waals surface area contributed by atoms with E-state index >= 15 is 0 Å². The number of nitrogens with one attached hydrogen (secondary N) is 1. The van der Waals surface area contributed by atoms with E-state index in [0.29, 0.717) is 41.9 Å². The maximum Gasteiger partial charge on any atom is 0.276 e. The molecule has 1 aromatic carbocycles. The van der Waals surface area contributed by atoms with Crippen molar-refractivity contribution in [2.75, 3.05) is 13.1 Å². The summed E-state index contributed by atoms with van der Waals surface area (Å²) in [5, 5.41) is 7.38. The number of carbonyl (C=O) groups excluding carboxylic acids is 2. The average Bonchev–Trinajstić information content (AvgIpc) is 3.11. The highest BCUT2D eigenvalue weighted by molar-refractivity contribution is 6.31. The molecule has 1 aliphatic rings. The van der Waals surface area contributed by atoms with Gasteiger partial charge in [0.05, 0.1) is 0 Å². The predicted molar refractivity (Wildman–Crippen MR) is 102 cm³/mol. The molecule has 1 aromatic heterocycles. The fraction of sp³-hybridized carbons (Fsp3) is 0.450. The molecule has 2 heterocycles. The minimum atomic E-state index is -0.0975. The molecule has 3 rings (SSSR count). The van der Waals surface area contributed by atoms with Crippen molar-refractivity contribution >= 4 is 23.4 Å². The first-order valence-electron chi connectivity index (χ1n) is 9.25. The van der Waals surface area contributed by atoms with E-state index in [1.54, 1.807) is 13.0 Å². The standard InChI is InChI=1S/C20H24ClN3O3/c1-14-11-18(23-27-14)20(26)24-10-4-5-15(13-24)8-9-19(25)22-12-16-6-2-3-7-17(16)21/h2-3,6-7,11,15H,4-5,8-10,12-13H2,1H3,(H,22,25). The second-order valence-corrected chi connectivity index (χ2v) is 7.40. The largest absolute Gasteiger partial charge is 0.361 e. The monoisotopic (exact) mass is 389 g/mol. The number of likely N-dealkylation sites (tertiary alicyclic amines) is 1. The summed E-state index contributed by atoms with van der Waals surface area (Å²) in [6.07, 6.45) is 3.17. The number of benzene rings is 1. The topological polar surface area (TPSA) is 75.4 Å². The van der Waals surface area contributed by atoms with E-state index in [1.165, 1.54) is 0 Å². The van der Waals surface area contributed by atoms with Gasteiger partial charge in [0.25, 0.3) is 5.91 Å². The summed E-state index contributed by atoms with van der Waals surface area (Å²) in [5.74, 6) is 0.856. The van der Waals surface area contributed by atoms with Crippen molar-refractivity contribution in [3.8, 4) is 0 Å². The van der Waals surface area contributed by atoms with Crippen LogP contribution in [0.4, 0.5) is 0 Å². The van der Waals surface area contributed by atoms with Crippen LogP contribution in [0.1, 0.15) is 47.5 Å². The van der Waals surface area contributed by atoms with Gasteiger partial charge in [-0.1, -0.05) is 35.0 Å². The molecule has 0 spiro atoms. The summed E-state index contributed by atoms with van der Waals surface area (Å²) >= 11 is 6.10. The number of hydrogen-bond donors (Lipinski definition) is 1. The van der Waals surface area contributed by atoms with Crippen LogP contribution in [0.15, 0.2) is 34.9 Å². The number of halogens is 1. The van der Waals surface area contributed by atoms with Crippen molar-refractivity contribution in [3.63, 3.8) is 0 Å². The molecular formula is C20H24ClN3O3. The van der Waals surface area contributed by atoms with Gasteiger partial charge in [0.15, 0.2) is 5.69 Å². The lowest BCUT2D eigenvalue weighted by Gasteiger charge is -2.32. The van der Waals surface area contributed by atoms with Crippen LogP contribution in [0.5, 0.6) is 0 Å². The molecule has 0 radical (unpaired) electrons. The number of nitrogens with zero attached hydrogens (tertiary/aromatic N) is 2. The lowest BCUT2D eigenvalue weighted by Crippen LogP contribution is -2.40. The summed E-state index contributed by atoms with van der Waals surface area (Å²) in [6.45, 7) is 3.58. The Labute approximate surface area is 163 Å². The smallest absolute Gasteiger partial charge is 0.276 e. The molecular weight excluding hydrogens is 366 g/mol. The molecule has 27 heavy (non-hydrogen) atoms. The average molecular weight is 390 g/mol. The molecule has 6 nitrogen and oxygen atoms in total. The van der Waals surface area contributed by atoms with Crippen molar-refractivity contribution in [1.82, 2.24) is 15.4 Å². The van der Waals surface area contributed by atoms with Gasteiger partial charge in [-0.2, -0.15) is 0 Å². The number of piperidine rings is 1. The predicted octanol–water partition coefficient (Wildman–Crippen LogP) is 3.59. The van der Waals surface area contributed by atoms with Crippen LogP contribution in [0.2, 0.25) is 5.02 Å². The molecule has 1 N–H and O–H groups in total. The van der Waals surface area contributed by atoms with Gasteiger partial charge in [-0.05, 0) is 43.7 Å². The molecule has 1 saturated heterocycles. The first-order valence-corrected chi connectivity index (χ1v) is 9.63. The van der Waals surface area contributed by atoms with Gasteiger partial charge in [0.2, 0.25) is 5.91 Å². The molecule has 0 aliphatic carbocycles. The Morgan fingerprint density at radius 2 is 2.19 bits per heavy atom. The Morgan fingerprint density at radius 3 is 2.93 bits per heavy atom. The van der Waals surface area contributed by atoms with E-state index in [1.807, 2.05) is 29.2 Å². The minimum Gasteiger partial charge on any atom is -0.361 e. The summed E-state index contributed by atoms with van der Waals surface area (Å²) < 4.78 is 4.99. The zero-order valence-electron chi connectivity index (χ0n) is 15.4. The summed E-state index contributed by atoms with van der Waals surface area (Å²) in [5.41, 5.74) is 1.26. The highest BCUT2D eigenvalue weighted by Crippen LogP contribution is 2.22. The SMILES string of the molecule is Cc1cc(C(=O)N2CCCC(CCC(=O)NCc3ccccc3Cl)C2)no1. The van der Waals surface area contributed by atoms with Crippen LogP contribution in [0.3, 0.4) is 0 Å². The highest BCUT2D eigenvalue weighted by atomic mass is 35.5. The van der Waals surface area contributed by atoms with Crippen LogP contribution in [0, 0.1) is 12.8 Å². The fourth-order valence-corrected chi connectivity index (χ4v) is 3.58. The molecule has 7 heteroatoms. The first kappa shape index (κ1) is 19.4. The van der Waals surface area contributed by atoms with Crippen molar-refractivity contribution in [1.29, 1.82) is 0 Å².